The summed E-state index contributed by atoms with van der Waals surface area (Å²) in [6, 6.07) is 2.57. The van der Waals surface area contributed by atoms with E-state index >= 15 is 0 Å². The summed E-state index contributed by atoms with van der Waals surface area (Å²) in [4.78, 5) is 19.1. The average Bonchev–Trinajstić information content (AvgIpc) is 2.93. The average molecular weight is 318 g/mol. The molecule has 2 unspecified atom stereocenters. The number of aromatic nitrogens is 2. The summed E-state index contributed by atoms with van der Waals surface area (Å²) in [5, 5.41) is 11.3. The van der Waals surface area contributed by atoms with Crippen LogP contribution in [0.4, 0.5) is 16.3 Å². The smallest absolute Gasteiger partial charge is 0.322 e. The molecular weight excluding hydrogens is 292 g/mol. The van der Waals surface area contributed by atoms with Gasteiger partial charge in [0, 0.05) is 39.3 Å². The van der Waals surface area contributed by atoms with Gasteiger partial charge in [-0.1, -0.05) is 0 Å². The second kappa shape index (κ2) is 6.31. The van der Waals surface area contributed by atoms with Crippen molar-refractivity contribution in [1.82, 2.24) is 20.0 Å². The molecule has 0 radical (unpaired) electrons. The predicted octanol–water partition coefficient (Wildman–Crippen LogP) is 1.55. The summed E-state index contributed by atoms with van der Waals surface area (Å²) in [6.45, 7) is 6.94. The molecule has 2 amide bonds. The van der Waals surface area contributed by atoms with Gasteiger partial charge in [-0.25, -0.2) is 4.79 Å². The van der Waals surface area contributed by atoms with Crippen molar-refractivity contribution in [3.63, 3.8) is 0 Å². The Morgan fingerprint density at radius 2 is 2.13 bits per heavy atom. The predicted molar refractivity (Wildman–Crippen MR) is 90.9 cm³/mol. The van der Waals surface area contributed by atoms with Gasteiger partial charge in [0.2, 0.25) is 0 Å². The van der Waals surface area contributed by atoms with E-state index in [1.54, 1.807) is 0 Å². The summed E-state index contributed by atoms with van der Waals surface area (Å²) in [7, 11) is 3.80. The van der Waals surface area contributed by atoms with Crippen LogP contribution in [0.3, 0.4) is 0 Å². The van der Waals surface area contributed by atoms with Crippen LogP contribution in [0.25, 0.3) is 0 Å². The monoisotopic (exact) mass is 318 g/mol. The Kier molecular flexibility index (Phi) is 4.39. The summed E-state index contributed by atoms with van der Waals surface area (Å²) >= 11 is 0. The summed E-state index contributed by atoms with van der Waals surface area (Å²) < 4.78 is 0. The van der Waals surface area contributed by atoms with Gasteiger partial charge in [-0.05, 0) is 39.3 Å². The lowest BCUT2D eigenvalue weighted by Crippen LogP contribution is -2.57. The molecule has 3 rings (SSSR count). The molecule has 7 nitrogen and oxygen atoms in total. The highest BCUT2D eigenvalue weighted by atomic mass is 16.2. The number of urea groups is 1. The number of amides is 2. The van der Waals surface area contributed by atoms with E-state index in [0.717, 1.165) is 18.8 Å². The number of fused-ring (bicyclic) bond motifs is 1. The SMILES string of the molecule is Cc1cc(NC(=O)N2CC3CCCN3CC2C)c(N(C)C)nn1. The fraction of sp³-hybridized carbons (Fsp3) is 0.688. The Morgan fingerprint density at radius 3 is 2.87 bits per heavy atom. The van der Waals surface area contributed by atoms with Gasteiger partial charge >= 0.3 is 6.03 Å². The number of carbonyl (C=O) groups excluding carboxylic acids is 1. The molecule has 3 heterocycles. The van der Waals surface area contributed by atoms with Crippen LogP contribution in [0.5, 0.6) is 0 Å². The highest BCUT2D eigenvalue weighted by Gasteiger charge is 2.36. The Bertz CT molecular complexity index is 590. The van der Waals surface area contributed by atoms with Crippen LogP contribution in [0.1, 0.15) is 25.5 Å². The lowest BCUT2D eigenvalue weighted by molar-refractivity contribution is 0.0861. The lowest BCUT2D eigenvalue weighted by atomic mass is 10.1. The van der Waals surface area contributed by atoms with E-state index in [1.165, 1.54) is 19.4 Å². The van der Waals surface area contributed by atoms with Crippen LogP contribution in [-0.2, 0) is 0 Å². The van der Waals surface area contributed by atoms with E-state index in [9.17, 15) is 4.79 Å². The fourth-order valence-electron chi connectivity index (χ4n) is 3.56. The molecule has 126 valence electrons. The standard InChI is InChI=1S/C16H26N6O/c1-11-8-14(15(19-18-11)20(3)4)17-16(23)22-10-13-6-5-7-21(13)9-12(22)2/h8,12-13H,5-7,9-10H2,1-4H3,(H,17,18,23). The molecule has 1 N–H and O–H groups in total. The summed E-state index contributed by atoms with van der Waals surface area (Å²) in [5.74, 6) is 0.677. The second-order valence-electron chi connectivity index (χ2n) is 6.84. The molecule has 0 bridgehead atoms. The summed E-state index contributed by atoms with van der Waals surface area (Å²) in [5.41, 5.74) is 1.51. The molecule has 23 heavy (non-hydrogen) atoms. The van der Waals surface area contributed by atoms with Crippen molar-refractivity contribution in [1.29, 1.82) is 0 Å². The third-order valence-electron chi connectivity index (χ3n) is 4.76. The zero-order chi connectivity index (χ0) is 16.6. The van der Waals surface area contributed by atoms with E-state index in [0.29, 0.717) is 17.5 Å². The lowest BCUT2D eigenvalue weighted by Gasteiger charge is -2.42. The number of nitrogens with one attached hydrogen (secondary N) is 1. The highest BCUT2D eigenvalue weighted by molar-refractivity contribution is 5.92. The van der Waals surface area contributed by atoms with Crippen LogP contribution >= 0.6 is 0 Å². The number of carbonyl (C=O) groups is 1. The van der Waals surface area contributed by atoms with E-state index in [4.69, 9.17) is 0 Å². The molecule has 0 saturated carbocycles. The zero-order valence-corrected chi connectivity index (χ0v) is 14.4. The highest BCUT2D eigenvalue weighted by Crippen LogP contribution is 2.26. The van der Waals surface area contributed by atoms with Crippen LogP contribution < -0.4 is 10.2 Å². The van der Waals surface area contributed by atoms with Gasteiger partial charge in [0.15, 0.2) is 5.82 Å². The molecular formula is C16H26N6O. The molecule has 2 aliphatic heterocycles. The van der Waals surface area contributed by atoms with Gasteiger partial charge in [0.05, 0.1) is 11.4 Å². The number of aryl methyl sites for hydroxylation is 1. The first-order valence-electron chi connectivity index (χ1n) is 8.29. The number of hydrogen-bond acceptors (Lipinski definition) is 5. The molecule has 1 aromatic heterocycles. The minimum absolute atomic E-state index is 0.0421. The van der Waals surface area contributed by atoms with Crippen molar-refractivity contribution >= 4 is 17.5 Å². The zero-order valence-electron chi connectivity index (χ0n) is 14.4. The van der Waals surface area contributed by atoms with Crippen LogP contribution in [-0.4, -0.2) is 71.8 Å². The van der Waals surface area contributed by atoms with E-state index in [-0.39, 0.29) is 12.1 Å². The molecule has 0 aliphatic carbocycles. The van der Waals surface area contributed by atoms with Crippen LogP contribution in [0.15, 0.2) is 6.07 Å². The normalized spacial score (nSPS) is 24.4. The molecule has 2 fully saturated rings. The van der Waals surface area contributed by atoms with E-state index in [1.807, 2.05) is 36.9 Å². The van der Waals surface area contributed by atoms with Gasteiger partial charge in [-0.2, -0.15) is 5.10 Å². The van der Waals surface area contributed by atoms with E-state index in [2.05, 4.69) is 27.3 Å². The molecule has 7 heteroatoms. The maximum absolute atomic E-state index is 12.8. The summed E-state index contributed by atoms with van der Waals surface area (Å²) in [6.07, 6.45) is 2.43. The van der Waals surface area contributed by atoms with Crippen molar-refractivity contribution in [2.45, 2.75) is 38.8 Å². The number of anilines is 2. The van der Waals surface area contributed by atoms with Crippen molar-refractivity contribution in [3.05, 3.63) is 11.8 Å². The van der Waals surface area contributed by atoms with Crippen molar-refractivity contribution in [2.24, 2.45) is 0 Å². The van der Waals surface area contributed by atoms with Gasteiger partial charge < -0.3 is 15.1 Å². The third-order valence-corrected chi connectivity index (χ3v) is 4.76. The minimum Gasteiger partial charge on any atom is -0.360 e. The maximum Gasteiger partial charge on any atom is 0.322 e. The van der Waals surface area contributed by atoms with Crippen LogP contribution in [0.2, 0.25) is 0 Å². The Balaban J connectivity index is 1.75. The number of hydrogen-bond donors (Lipinski definition) is 1. The first-order chi connectivity index (χ1) is 11.0. The van der Waals surface area contributed by atoms with E-state index < -0.39 is 0 Å². The third kappa shape index (κ3) is 3.24. The molecule has 0 aromatic carbocycles. The van der Waals surface area contributed by atoms with Gasteiger partial charge in [-0.3, -0.25) is 4.90 Å². The molecule has 1 aromatic rings. The first kappa shape index (κ1) is 16.0. The topological polar surface area (TPSA) is 64.6 Å². The quantitative estimate of drug-likeness (QED) is 0.896. The van der Waals surface area contributed by atoms with Crippen molar-refractivity contribution in [2.75, 3.05) is 43.9 Å². The largest absolute Gasteiger partial charge is 0.360 e. The minimum atomic E-state index is -0.0421. The Labute approximate surface area is 137 Å². The van der Waals surface area contributed by atoms with Gasteiger partial charge in [0.25, 0.3) is 0 Å². The Morgan fingerprint density at radius 1 is 1.35 bits per heavy atom. The fourth-order valence-corrected chi connectivity index (χ4v) is 3.56. The first-order valence-corrected chi connectivity index (χ1v) is 8.29. The van der Waals surface area contributed by atoms with Crippen LogP contribution in [0, 0.1) is 6.92 Å². The number of piperazine rings is 1. The van der Waals surface area contributed by atoms with Gasteiger partial charge in [-0.15, -0.1) is 5.10 Å². The number of rotatable bonds is 2. The maximum atomic E-state index is 12.8. The Hall–Kier alpha value is -1.89. The van der Waals surface area contributed by atoms with Crippen molar-refractivity contribution < 1.29 is 4.79 Å². The van der Waals surface area contributed by atoms with Crippen molar-refractivity contribution in [3.8, 4) is 0 Å². The molecule has 0 spiro atoms. The molecule has 2 atom stereocenters. The van der Waals surface area contributed by atoms with Gasteiger partial charge in [0.1, 0.15) is 0 Å². The number of nitrogens with zero attached hydrogens (tertiary/aromatic N) is 5. The molecule has 2 saturated heterocycles. The molecule has 2 aliphatic rings. The second-order valence-corrected chi connectivity index (χ2v) is 6.84.